The second kappa shape index (κ2) is 10.5. The van der Waals surface area contributed by atoms with Crippen molar-refractivity contribution in [1.29, 1.82) is 0 Å². The van der Waals surface area contributed by atoms with Gasteiger partial charge in [0, 0.05) is 23.7 Å². The summed E-state index contributed by atoms with van der Waals surface area (Å²) in [4.78, 5) is 27.2. The van der Waals surface area contributed by atoms with Crippen LogP contribution >= 0.6 is 0 Å². The lowest BCUT2D eigenvalue weighted by molar-refractivity contribution is -0.135. The number of rotatable bonds is 9. The fourth-order valence-electron chi connectivity index (χ4n) is 8.07. The minimum absolute atomic E-state index is 0.119. The highest BCUT2D eigenvalue weighted by Gasteiger charge is 2.68. The molecule has 206 valence electrons. The molecule has 1 spiro atoms. The molecule has 1 saturated carbocycles. The van der Waals surface area contributed by atoms with Crippen LogP contribution in [0.25, 0.3) is 5.57 Å². The summed E-state index contributed by atoms with van der Waals surface area (Å²) in [6.45, 7) is 2.34. The van der Waals surface area contributed by atoms with Gasteiger partial charge in [-0.15, -0.1) is 0 Å². The largest absolute Gasteiger partial charge is 0.508 e. The van der Waals surface area contributed by atoms with Gasteiger partial charge in [-0.3, -0.25) is 0 Å². The Hall–Kier alpha value is -3.12. The number of hydrogen-bond acceptors (Lipinski definition) is 6. The van der Waals surface area contributed by atoms with Crippen molar-refractivity contribution < 1.29 is 29.3 Å². The first-order chi connectivity index (χ1) is 19.0. The van der Waals surface area contributed by atoms with E-state index in [1.54, 1.807) is 12.1 Å². The average molecular weight is 531 g/mol. The van der Waals surface area contributed by atoms with E-state index in [1.165, 1.54) is 0 Å². The van der Waals surface area contributed by atoms with E-state index in [-0.39, 0.29) is 42.0 Å². The van der Waals surface area contributed by atoms with Crippen molar-refractivity contribution in [3.63, 3.8) is 0 Å². The number of benzene rings is 1. The van der Waals surface area contributed by atoms with E-state index in [0.29, 0.717) is 17.1 Å². The molecule has 6 nitrogen and oxygen atoms in total. The summed E-state index contributed by atoms with van der Waals surface area (Å²) in [5, 5.41) is 19.3. The third-order valence-electron chi connectivity index (χ3n) is 9.56. The molecule has 6 aliphatic rings. The van der Waals surface area contributed by atoms with Gasteiger partial charge in [-0.05, 0) is 98.6 Å². The molecule has 0 unspecified atom stereocenters. The highest BCUT2D eigenvalue weighted by molar-refractivity contribution is 6.06. The van der Waals surface area contributed by atoms with Gasteiger partial charge in [0.15, 0.2) is 0 Å². The van der Waals surface area contributed by atoms with Crippen molar-refractivity contribution in [2.75, 3.05) is 6.61 Å². The van der Waals surface area contributed by atoms with E-state index < -0.39 is 5.41 Å². The number of aromatic hydroxyl groups is 1. The minimum Gasteiger partial charge on any atom is -0.508 e. The summed E-state index contributed by atoms with van der Waals surface area (Å²) in [6.07, 6.45) is 14.0. The maximum Gasteiger partial charge on any atom is 0.340 e. The third-order valence-corrected chi connectivity index (χ3v) is 9.56. The lowest BCUT2D eigenvalue weighted by atomic mass is 9.44. The van der Waals surface area contributed by atoms with E-state index >= 15 is 0 Å². The maximum absolute atomic E-state index is 13.7. The van der Waals surface area contributed by atoms with Crippen molar-refractivity contribution in [1.82, 2.24) is 0 Å². The monoisotopic (exact) mass is 530 g/mol. The van der Waals surface area contributed by atoms with Gasteiger partial charge in [0.25, 0.3) is 0 Å². The summed E-state index contributed by atoms with van der Waals surface area (Å²) in [5.74, 6) is 1.19. The van der Waals surface area contributed by atoms with Crippen LogP contribution in [0.2, 0.25) is 0 Å². The van der Waals surface area contributed by atoms with Gasteiger partial charge in [-0.1, -0.05) is 38.3 Å². The molecular formula is C33H38O6. The zero-order valence-electron chi connectivity index (χ0n) is 22.7. The average Bonchev–Trinajstić information content (AvgIpc) is 3.42. The van der Waals surface area contributed by atoms with Crippen LogP contribution in [0.1, 0.15) is 83.1 Å². The normalized spacial score (nSPS) is 31.1. The number of ether oxygens (including phenoxy) is 2. The van der Waals surface area contributed by atoms with Gasteiger partial charge in [-0.2, -0.15) is 0 Å². The molecule has 0 aromatic heterocycles. The van der Waals surface area contributed by atoms with E-state index in [1.807, 2.05) is 12.1 Å². The third kappa shape index (κ3) is 4.10. The number of carbonyl (C=O) groups is 2. The van der Waals surface area contributed by atoms with Crippen LogP contribution in [0.3, 0.4) is 0 Å². The van der Waals surface area contributed by atoms with Crippen LogP contribution in [-0.2, 0) is 19.1 Å². The number of unbranched alkanes of at least 4 members (excludes halogenated alkanes) is 5. The fourth-order valence-corrected chi connectivity index (χ4v) is 8.07. The van der Waals surface area contributed by atoms with E-state index in [4.69, 9.17) is 14.6 Å². The number of allylic oxidation sites excluding steroid dienone is 5. The Morgan fingerprint density at radius 1 is 1.00 bits per heavy atom. The molecule has 6 heteroatoms. The van der Waals surface area contributed by atoms with Gasteiger partial charge in [0.2, 0.25) is 0 Å². The van der Waals surface area contributed by atoms with Gasteiger partial charge in [-0.25, -0.2) is 9.59 Å². The summed E-state index contributed by atoms with van der Waals surface area (Å²) in [7, 11) is 0. The predicted octanol–water partition coefficient (Wildman–Crippen LogP) is 6.50. The summed E-state index contributed by atoms with van der Waals surface area (Å²) >= 11 is 0. The molecule has 2 N–H and O–H groups in total. The quantitative estimate of drug-likeness (QED) is 0.280. The van der Waals surface area contributed by atoms with Gasteiger partial charge in [0.1, 0.15) is 17.3 Å². The second-order valence-corrected chi connectivity index (χ2v) is 11.7. The molecule has 2 fully saturated rings. The Morgan fingerprint density at radius 3 is 2.64 bits per heavy atom. The van der Waals surface area contributed by atoms with E-state index in [0.717, 1.165) is 92.9 Å². The van der Waals surface area contributed by atoms with E-state index in [9.17, 15) is 14.7 Å². The van der Waals surface area contributed by atoms with Crippen molar-refractivity contribution in [3.05, 3.63) is 70.2 Å². The zero-order valence-corrected chi connectivity index (χ0v) is 22.7. The van der Waals surface area contributed by atoms with Crippen LogP contribution in [0.4, 0.5) is 0 Å². The number of fused-ring (bicyclic) bond motifs is 1. The number of phenols is 1. The molecule has 4 aliphatic carbocycles. The number of esters is 2. The predicted molar refractivity (Wildman–Crippen MR) is 147 cm³/mol. The maximum atomic E-state index is 13.7. The van der Waals surface area contributed by atoms with Gasteiger partial charge in [0.05, 0.1) is 11.0 Å². The summed E-state index contributed by atoms with van der Waals surface area (Å²) in [5.41, 5.74) is 3.67. The number of hydrogen-bond donors (Lipinski definition) is 2. The van der Waals surface area contributed by atoms with Crippen molar-refractivity contribution >= 4 is 17.5 Å². The molecule has 1 aromatic carbocycles. The number of cyclic esters (lactones) is 2. The number of aliphatic hydroxyl groups is 1. The van der Waals surface area contributed by atoms with Crippen LogP contribution in [-0.4, -0.2) is 28.8 Å². The van der Waals surface area contributed by atoms with Crippen molar-refractivity contribution in [2.24, 2.45) is 23.2 Å². The Kier molecular flexibility index (Phi) is 7.00. The highest BCUT2D eigenvalue weighted by atomic mass is 16.5. The zero-order chi connectivity index (χ0) is 27.1. The van der Waals surface area contributed by atoms with Crippen LogP contribution in [0.15, 0.2) is 64.7 Å². The minimum atomic E-state index is -0.674. The number of aliphatic hydroxyl groups excluding tert-OH is 1. The second-order valence-electron chi connectivity index (χ2n) is 11.7. The summed E-state index contributed by atoms with van der Waals surface area (Å²) < 4.78 is 12.0. The molecule has 7 rings (SSSR count). The van der Waals surface area contributed by atoms with Gasteiger partial charge < -0.3 is 19.7 Å². The van der Waals surface area contributed by atoms with Crippen LogP contribution in [0, 0.1) is 23.2 Å². The smallest absolute Gasteiger partial charge is 0.340 e. The first kappa shape index (κ1) is 26.1. The Labute approximate surface area is 230 Å². The van der Waals surface area contributed by atoms with Crippen molar-refractivity contribution in [2.45, 2.75) is 77.6 Å². The Morgan fingerprint density at radius 2 is 1.85 bits per heavy atom. The molecular weight excluding hydrogens is 492 g/mol. The summed E-state index contributed by atoms with van der Waals surface area (Å²) in [6, 6.07) is 7.22. The number of phenolic OH excluding ortho intramolecular Hbond substituents is 1. The lowest BCUT2D eigenvalue weighted by Crippen LogP contribution is -2.52. The standard InChI is InChI=1S/C33H38O6/c1-2-3-13-26-33-17-16-22(27(30(33)32(37)39-26)20-10-9-11-21(35)19-20)23-14-15-24-25(12-7-5-4-6-8-18-34)38-31(36)28(24)29(23)33/h9-13,19,22-23,29,34-35H,2-8,14-18H2,1H3/b25-12?,26-13-/t22-,23+,29-,33-/m1/s1. The Balaban J connectivity index is 1.46. The molecule has 4 atom stereocenters. The molecule has 0 radical (unpaired) electrons. The fraction of sp³-hybridized carbons (Fsp3) is 0.515. The molecule has 1 saturated heterocycles. The van der Waals surface area contributed by atoms with Crippen molar-refractivity contribution in [3.8, 4) is 5.75 Å². The van der Waals surface area contributed by atoms with Gasteiger partial charge >= 0.3 is 11.9 Å². The molecule has 2 bridgehead atoms. The van der Waals surface area contributed by atoms with E-state index in [2.05, 4.69) is 19.1 Å². The first-order valence-electron chi connectivity index (χ1n) is 14.7. The topological polar surface area (TPSA) is 93.1 Å². The molecule has 2 aliphatic heterocycles. The molecule has 1 aromatic rings. The SMILES string of the molecule is CCC/C=C1\OC(=O)C2=C(c3cccc(O)c3)[C@@H]3CC[C@@]21[C@H]1C2=C(CC[C@@H]31)C(=CCCCCCCO)OC2=O. The molecule has 0 amide bonds. The Bertz CT molecular complexity index is 1310. The van der Waals surface area contributed by atoms with Crippen LogP contribution in [0.5, 0.6) is 5.75 Å². The highest BCUT2D eigenvalue weighted by Crippen LogP contribution is 2.71. The molecule has 39 heavy (non-hydrogen) atoms. The lowest BCUT2D eigenvalue weighted by Gasteiger charge is -2.56. The number of carbonyl (C=O) groups excluding carboxylic acids is 2. The first-order valence-corrected chi connectivity index (χ1v) is 14.7. The van der Waals surface area contributed by atoms with Crippen LogP contribution < -0.4 is 0 Å². The molecule has 2 heterocycles.